The summed E-state index contributed by atoms with van der Waals surface area (Å²) in [6.45, 7) is 6.24. The van der Waals surface area contributed by atoms with Crippen LogP contribution in [0.1, 0.15) is 77.9 Å². The van der Waals surface area contributed by atoms with Gasteiger partial charge in [0.05, 0.1) is 36.9 Å². The first-order valence-electron chi connectivity index (χ1n) is 17.6. The van der Waals surface area contributed by atoms with E-state index in [0.29, 0.717) is 43.7 Å². The van der Waals surface area contributed by atoms with E-state index in [0.717, 1.165) is 49.4 Å². The number of benzene rings is 2. The van der Waals surface area contributed by atoms with Crippen LogP contribution >= 0.6 is 11.6 Å². The Kier molecular flexibility index (Phi) is 9.79. The van der Waals surface area contributed by atoms with Crippen molar-refractivity contribution in [3.05, 3.63) is 82.2 Å². The lowest BCUT2D eigenvalue weighted by Gasteiger charge is -2.46. The number of fused-ring (bicyclic) bond motifs is 4. The summed E-state index contributed by atoms with van der Waals surface area (Å²) in [5, 5.41) is 8.95. The lowest BCUT2D eigenvalue weighted by atomic mass is 9.68. The lowest BCUT2D eigenvalue weighted by Crippen LogP contribution is -2.49. The fourth-order valence-electron chi connectivity index (χ4n) is 8.12. The van der Waals surface area contributed by atoms with Gasteiger partial charge in [-0.1, -0.05) is 36.7 Å². The number of carbonyl (C=O) groups is 2. The zero-order valence-electron chi connectivity index (χ0n) is 28.8. The van der Waals surface area contributed by atoms with Crippen LogP contribution in [0.4, 0.5) is 5.69 Å². The molecule has 13 heteroatoms. The molecule has 3 aromatic rings. The van der Waals surface area contributed by atoms with Gasteiger partial charge in [-0.3, -0.25) is 14.3 Å². The maximum absolute atomic E-state index is 14.4. The predicted molar refractivity (Wildman–Crippen MR) is 193 cm³/mol. The highest BCUT2D eigenvalue weighted by Gasteiger charge is 2.44. The molecule has 6 atom stereocenters. The van der Waals surface area contributed by atoms with Gasteiger partial charge in [0.1, 0.15) is 15.7 Å². The van der Waals surface area contributed by atoms with E-state index in [1.54, 1.807) is 13.2 Å². The Morgan fingerprint density at radius 1 is 1.22 bits per heavy atom. The molecule has 1 spiro atoms. The van der Waals surface area contributed by atoms with Crippen molar-refractivity contribution in [2.75, 3.05) is 37.5 Å². The molecular formula is C37H45ClN6O5S. The molecule has 0 saturated heterocycles. The Morgan fingerprint density at radius 2 is 2.08 bits per heavy atom. The largest absolute Gasteiger partial charge is 0.490 e. The van der Waals surface area contributed by atoms with Crippen LogP contribution in [0, 0.1) is 17.8 Å². The Bertz CT molecular complexity index is 1940. The number of methoxy groups -OCH3 is 1. The number of aryl methyl sites for hydroxylation is 2. The highest BCUT2D eigenvalue weighted by molar-refractivity contribution is 7.92. The summed E-state index contributed by atoms with van der Waals surface area (Å²) in [6.07, 6.45) is 11.1. The summed E-state index contributed by atoms with van der Waals surface area (Å²) in [7, 11) is -1.80. The van der Waals surface area contributed by atoms with E-state index in [2.05, 4.69) is 48.5 Å². The molecule has 50 heavy (non-hydrogen) atoms. The summed E-state index contributed by atoms with van der Waals surface area (Å²) in [6, 6.07) is 11.5. The zero-order valence-corrected chi connectivity index (χ0v) is 30.4. The summed E-state index contributed by atoms with van der Waals surface area (Å²) in [5.74, 6) is -0.129. The Morgan fingerprint density at radius 3 is 2.84 bits per heavy atom. The normalized spacial score (nSPS) is 30.2. The quantitative estimate of drug-likeness (QED) is 0.325. The molecule has 1 saturated carbocycles. The van der Waals surface area contributed by atoms with Crippen molar-refractivity contribution < 1.29 is 23.3 Å². The number of allylic oxidation sites excluding steroid dienone is 1. The molecule has 2 aromatic carbocycles. The second-order valence-corrected chi connectivity index (χ2v) is 16.7. The maximum atomic E-state index is 14.4. The third-order valence-corrected chi connectivity index (χ3v) is 13.0. The second kappa shape index (κ2) is 14.1. The van der Waals surface area contributed by atoms with Gasteiger partial charge in [0.2, 0.25) is 0 Å². The van der Waals surface area contributed by atoms with Gasteiger partial charge >= 0.3 is 0 Å². The molecule has 3 heterocycles. The summed E-state index contributed by atoms with van der Waals surface area (Å²) in [5.41, 5.74) is 3.37. The van der Waals surface area contributed by atoms with Crippen LogP contribution in [0.5, 0.6) is 5.75 Å². The molecule has 1 N–H and O–H groups in total. The molecule has 0 radical (unpaired) electrons. The molecule has 2 bridgehead atoms. The van der Waals surface area contributed by atoms with Crippen molar-refractivity contribution in [1.82, 2.24) is 19.7 Å². The number of amides is 2. The minimum atomic E-state index is -3.56. The van der Waals surface area contributed by atoms with Crippen LogP contribution < -0.4 is 14.4 Å². The second-order valence-electron chi connectivity index (χ2n) is 14.3. The van der Waals surface area contributed by atoms with Gasteiger partial charge < -0.3 is 14.4 Å². The Hall–Kier alpha value is -3.74. The smallest absolute Gasteiger partial charge is 0.286 e. The summed E-state index contributed by atoms with van der Waals surface area (Å²) in [4.78, 5) is 30.9. The predicted octanol–water partition coefficient (Wildman–Crippen LogP) is 6.01. The highest BCUT2D eigenvalue weighted by Crippen LogP contribution is 2.47. The molecule has 11 nitrogen and oxygen atoms in total. The molecule has 1 unspecified atom stereocenters. The number of ether oxygens (including phenoxy) is 2. The van der Waals surface area contributed by atoms with Crippen molar-refractivity contribution in [3.8, 4) is 5.75 Å². The van der Waals surface area contributed by atoms with Crippen molar-refractivity contribution >= 4 is 39.0 Å². The number of anilines is 1. The van der Waals surface area contributed by atoms with Crippen molar-refractivity contribution in [2.24, 2.45) is 22.1 Å². The van der Waals surface area contributed by atoms with Crippen LogP contribution in [0.15, 0.2) is 59.1 Å². The van der Waals surface area contributed by atoms with Gasteiger partial charge in [0.25, 0.3) is 11.8 Å². The minimum Gasteiger partial charge on any atom is -0.490 e. The van der Waals surface area contributed by atoms with E-state index >= 15 is 0 Å². The molecule has 266 valence electrons. The van der Waals surface area contributed by atoms with Gasteiger partial charge in [-0.2, -0.15) is 9.90 Å². The number of nitrogens with zero attached hydrogens (tertiary/aromatic N) is 5. The number of nitrogens with one attached hydrogen (secondary N) is 1. The van der Waals surface area contributed by atoms with E-state index in [4.69, 9.17) is 21.1 Å². The molecule has 2 aliphatic heterocycles. The molecule has 2 aliphatic carbocycles. The van der Waals surface area contributed by atoms with Gasteiger partial charge in [-0.25, -0.2) is 4.21 Å². The van der Waals surface area contributed by atoms with E-state index in [9.17, 15) is 13.8 Å². The van der Waals surface area contributed by atoms with Gasteiger partial charge in [-0.05, 0) is 105 Å². The fourth-order valence-corrected chi connectivity index (χ4v) is 10.2. The number of carbonyl (C=O) groups excluding carboxylic acids is 2. The molecule has 2 amide bonds. The first kappa shape index (κ1) is 34.7. The number of hydrogen-bond acceptors (Lipinski definition) is 8. The molecule has 4 aliphatic rings. The zero-order chi connectivity index (χ0) is 35.0. The van der Waals surface area contributed by atoms with E-state index < -0.39 is 21.7 Å². The van der Waals surface area contributed by atoms with Crippen molar-refractivity contribution in [1.29, 1.82) is 0 Å². The standard InChI is InChI=1S/C37H45ClN6O5S/c1-4-44-39-19-31(40-44)36(46)42-50(47)21-24(2)7-5-9-33(48-3)29-13-10-27(29)20-43-22-37(16-6-8-25-17-28(38)12-14-30(25)37)23-49-34-15-11-26(18-32(34)43)35(45)41-50/h5,9,11-12,14-15,17-19,24,27,29,33H,4,6-8,10,13,16,20-23H2,1-3H3,(H,41,42,45,46,47)/b9-5-/t24-,27-,29+,33-,37-,50?/m0/s1. The SMILES string of the molecule is CCn1ncc(C(=O)NS2(=O)=NC(=O)c3ccc4c(c3)N(C[C@@H]3CC[C@H]3[C@@H](OC)/C=C\C[C@H](C)C2)C[C@@]2(CCCc3cc(Cl)ccc32)CO4)n1. The van der Waals surface area contributed by atoms with Crippen LogP contribution in [-0.4, -0.2) is 69.7 Å². The topological polar surface area (TPSA) is 128 Å². The van der Waals surface area contributed by atoms with E-state index in [1.807, 2.05) is 32.0 Å². The monoisotopic (exact) mass is 720 g/mol. The number of aromatic nitrogens is 3. The third-order valence-electron chi connectivity index (χ3n) is 10.8. The van der Waals surface area contributed by atoms with E-state index in [-0.39, 0.29) is 34.4 Å². The minimum absolute atomic E-state index is 0.00760. The summed E-state index contributed by atoms with van der Waals surface area (Å²) >= 11 is 6.45. The van der Waals surface area contributed by atoms with Crippen LogP contribution in [0.2, 0.25) is 5.02 Å². The van der Waals surface area contributed by atoms with Gasteiger partial charge in [0, 0.05) is 36.2 Å². The van der Waals surface area contributed by atoms with Gasteiger partial charge in [0.15, 0.2) is 5.69 Å². The number of rotatable bonds is 4. The van der Waals surface area contributed by atoms with Gasteiger partial charge in [-0.15, -0.1) is 9.46 Å². The first-order chi connectivity index (χ1) is 24.1. The summed E-state index contributed by atoms with van der Waals surface area (Å²) < 4.78 is 33.9. The van der Waals surface area contributed by atoms with Crippen LogP contribution in [0.3, 0.4) is 0 Å². The van der Waals surface area contributed by atoms with Crippen LogP contribution in [0.25, 0.3) is 0 Å². The fraction of sp³-hybridized carbons (Fsp3) is 0.514. The molecule has 1 aromatic heterocycles. The first-order valence-corrected chi connectivity index (χ1v) is 19.7. The van der Waals surface area contributed by atoms with Crippen molar-refractivity contribution in [3.63, 3.8) is 0 Å². The molecule has 1 fully saturated rings. The number of hydrogen-bond donors (Lipinski definition) is 1. The van der Waals surface area contributed by atoms with Crippen LogP contribution in [-0.2, 0) is 33.0 Å². The average molecular weight is 721 g/mol. The molecule has 7 rings (SSSR count). The average Bonchev–Trinajstić information content (AvgIpc) is 3.52. The van der Waals surface area contributed by atoms with Crippen molar-refractivity contribution in [2.45, 2.75) is 70.4 Å². The third kappa shape index (κ3) is 6.94. The Labute approximate surface area is 299 Å². The molecular weight excluding hydrogens is 676 g/mol. The highest BCUT2D eigenvalue weighted by atomic mass is 35.5. The lowest BCUT2D eigenvalue weighted by molar-refractivity contribution is 0.0131. The Balaban J connectivity index is 1.30. The number of halogens is 1. The maximum Gasteiger partial charge on any atom is 0.286 e. The van der Waals surface area contributed by atoms with E-state index in [1.165, 1.54) is 22.1 Å².